The van der Waals surface area contributed by atoms with Gasteiger partial charge in [0.05, 0.1) is 0 Å². The van der Waals surface area contributed by atoms with Gasteiger partial charge in [-0.15, -0.1) is 0 Å². The standard InChI is InChI=1S/C18H22N2O2/c1-13-14(2)22-19-17(13)18(21)20-10-8-16(9-11-20)12-15-6-4-3-5-7-15/h3-7,16H,8-12H2,1-2H3. The molecule has 116 valence electrons. The summed E-state index contributed by atoms with van der Waals surface area (Å²) < 4.78 is 5.11. The topological polar surface area (TPSA) is 46.3 Å². The highest BCUT2D eigenvalue weighted by molar-refractivity contribution is 5.93. The summed E-state index contributed by atoms with van der Waals surface area (Å²) in [4.78, 5) is 14.4. The molecule has 1 aromatic heterocycles. The van der Waals surface area contributed by atoms with Gasteiger partial charge in [0.1, 0.15) is 5.76 Å². The van der Waals surface area contributed by atoms with Crippen LogP contribution in [0.15, 0.2) is 34.9 Å². The van der Waals surface area contributed by atoms with E-state index in [4.69, 9.17) is 4.52 Å². The van der Waals surface area contributed by atoms with Crippen molar-refractivity contribution >= 4 is 5.91 Å². The highest BCUT2D eigenvalue weighted by Crippen LogP contribution is 2.23. The van der Waals surface area contributed by atoms with Crippen LogP contribution in [0.5, 0.6) is 0 Å². The molecule has 0 aliphatic carbocycles. The van der Waals surface area contributed by atoms with Gasteiger partial charge >= 0.3 is 0 Å². The molecule has 0 unspecified atom stereocenters. The van der Waals surface area contributed by atoms with Crippen LogP contribution in [0.1, 0.15) is 40.2 Å². The van der Waals surface area contributed by atoms with Gasteiger partial charge < -0.3 is 9.42 Å². The molecule has 1 aliphatic rings. The molecule has 4 heteroatoms. The summed E-state index contributed by atoms with van der Waals surface area (Å²) in [6.45, 7) is 5.34. The van der Waals surface area contributed by atoms with Crippen LogP contribution in [-0.4, -0.2) is 29.1 Å². The number of aromatic nitrogens is 1. The third-order valence-electron chi connectivity index (χ3n) is 4.63. The fraction of sp³-hybridized carbons (Fsp3) is 0.444. The predicted molar refractivity (Wildman–Crippen MR) is 84.8 cm³/mol. The van der Waals surface area contributed by atoms with Crippen LogP contribution in [-0.2, 0) is 6.42 Å². The van der Waals surface area contributed by atoms with Gasteiger partial charge in [-0.1, -0.05) is 35.5 Å². The van der Waals surface area contributed by atoms with Crippen LogP contribution in [0, 0.1) is 19.8 Å². The number of hydrogen-bond acceptors (Lipinski definition) is 3. The molecule has 0 atom stereocenters. The Kier molecular flexibility index (Phi) is 4.27. The minimum absolute atomic E-state index is 0.00695. The molecule has 1 amide bonds. The first-order valence-electron chi connectivity index (χ1n) is 7.91. The monoisotopic (exact) mass is 298 g/mol. The Morgan fingerprint density at radius 2 is 1.91 bits per heavy atom. The number of carbonyl (C=O) groups excluding carboxylic acids is 1. The Hall–Kier alpha value is -2.10. The van der Waals surface area contributed by atoms with Gasteiger partial charge in [-0.25, -0.2) is 0 Å². The second-order valence-electron chi connectivity index (χ2n) is 6.14. The Balaban J connectivity index is 1.57. The van der Waals surface area contributed by atoms with Crippen molar-refractivity contribution in [2.45, 2.75) is 33.1 Å². The maximum Gasteiger partial charge on any atom is 0.276 e. The minimum atomic E-state index is 0.00695. The summed E-state index contributed by atoms with van der Waals surface area (Å²) in [6.07, 6.45) is 3.21. The van der Waals surface area contributed by atoms with E-state index in [2.05, 4.69) is 29.4 Å². The van der Waals surface area contributed by atoms with Crippen molar-refractivity contribution in [2.75, 3.05) is 13.1 Å². The van der Waals surface area contributed by atoms with Gasteiger partial charge in [-0.2, -0.15) is 0 Å². The first-order chi connectivity index (χ1) is 10.6. The molecule has 0 spiro atoms. The minimum Gasteiger partial charge on any atom is -0.361 e. The maximum atomic E-state index is 12.5. The first kappa shape index (κ1) is 14.8. The van der Waals surface area contributed by atoms with Gasteiger partial charge in [-0.3, -0.25) is 4.79 Å². The average molecular weight is 298 g/mol. The Labute approximate surface area is 131 Å². The van der Waals surface area contributed by atoms with Gasteiger partial charge in [0.15, 0.2) is 5.69 Å². The number of likely N-dealkylation sites (tertiary alicyclic amines) is 1. The fourth-order valence-corrected chi connectivity index (χ4v) is 3.05. The molecule has 0 N–H and O–H groups in total. The molecular formula is C18H22N2O2. The number of nitrogens with zero attached hydrogens (tertiary/aromatic N) is 2. The summed E-state index contributed by atoms with van der Waals surface area (Å²) in [5.41, 5.74) is 2.71. The Bertz CT molecular complexity index is 640. The highest BCUT2D eigenvalue weighted by atomic mass is 16.5. The molecule has 2 aromatic rings. The predicted octanol–water partition coefficient (Wildman–Crippen LogP) is 3.39. The molecule has 1 aliphatic heterocycles. The van der Waals surface area contributed by atoms with E-state index in [1.54, 1.807) is 0 Å². The fourth-order valence-electron chi connectivity index (χ4n) is 3.05. The van der Waals surface area contributed by atoms with Gasteiger partial charge in [0, 0.05) is 18.7 Å². The van der Waals surface area contributed by atoms with Crippen LogP contribution in [0.25, 0.3) is 0 Å². The van der Waals surface area contributed by atoms with Crippen LogP contribution >= 0.6 is 0 Å². The number of benzene rings is 1. The molecular weight excluding hydrogens is 276 g/mol. The lowest BCUT2D eigenvalue weighted by molar-refractivity contribution is 0.0679. The van der Waals surface area contributed by atoms with Gasteiger partial charge in [0.2, 0.25) is 0 Å². The number of amides is 1. The number of piperidine rings is 1. The SMILES string of the molecule is Cc1onc(C(=O)N2CCC(Cc3ccccc3)CC2)c1C. The third-order valence-corrected chi connectivity index (χ3v) is 4.63. The quantitative estimate of drug-likeness (QED) is 0.872. The largest absolute Gasteiger partial charge is 0.361 e. The zero-order valence-corrected chi connectivity index (χ0v) is 13.2. The molecule has 0 saturated carbocycles. The van der Waals surface area contributed by atoms with Crippen molar-refractivity contribution in [3.8, 4) is 0 Å². The van der Waals surface area contributed by atoms with Crippen LogP contribution in [0.2, 0.25) is 0 Å². The molecule has 3 rings (SSSR count). The lowest BCUT2D eigenvalue weighted by Gasteiger charge is -2.31. The number of aryl methyl sites for hydroxylation is 1. The van der Waals surface area contributed by atoms with Crippen LogP contribution in [0.3, 0.4) is 0 Å². The zero-order chi connectivity index (χ0) is 15.5. The van der Waals surface area contributed by atoms with Crippen molar-refractivity contribution in [3.05, 3.63) is 52.9 Å². The summed E-state index contributed by atoms with van der Waals surface area (Å²) in [5, 5.41) is 3.91. The number of hydrogen-bond donors (Lipinski definition) is 0. The van der Waals surface area contributed by atoms with Gasteiger partial charge in [0.25, 0.3) is 5.91 Å². The molecule has 22 heavy (non-hydrogen) atoms. The summed E-state index contributed by atoms with van der Waals surface area (Å²) >= 11 is 0. The van der Waals surface area contributed by atoms with E-state index in [1.807, 2.05) is 24.8 Å². The average Bonchev–Trinajstić information content (AvgIpc) is 2.88. The third kappa shape index (κ3) is 3.06. The van der Waals surface area contributed by atoms with Crippen LogP contribution in [0.4, 0.5) is 0 Å². The second kappa shape index (κ2) is 6.34. The smallest absolute Gasteiger partial charge is 0.276 e. The van der Waals surface area contributed by atoms with E-state index < -0.39 is 0 Å². The molecule has 1 fully saturated rings. The van der Waals surface area contributed by atoms with Gasteiger partial charge in [-0.05, 0) is 44.6 Å². The Morgan fingerprint density at radius 1 is 1.23 bits per heavy atom. The maximum absolute atomic E-state index is 12.5. The normalized spacial score (nSPS) is 16.0. The van der Waals surface area contributed by atoms with E-state index >= 15 is 0 Å². The molecule has 0 radical (unpaired) electrons. The highest BCUT2D eigenvalue weighted by Gasteiger charge is 2.27. The molecule has 0 bridgehead atoms. The van der Waals surface area contributed by atoms with E-state index in [9.17, 15) is 4.79 Å². The zero-order valence-electron chi connectivity index (χ0n) is 13.2. The van der Waals surface area contributed by atoms with E-state index in [0.717, 1.165) is 43.7 Å². The van der Waals surface area contributed by atoms with Crippen molar-refractivity contribution < 1.29 is 9.32 Å². The lowest BCUT2D eigenvalue weighted by Crippen LogP contribution is -2.39. The van der Waals surface area contributed by atoms with Crippen LogP contribution < -0.4 is 0 Å². The molecule has 4 nitrogen and oxygen atoms in total. The summed E-state index contributed by atoms with van der Waals surface area (Å²) in [7, 11) is 0. The molecule has 2 heterocycles. The second-order valence-corrected chi connectivity index (χ2v) is 6.14. The first-order valence-corrected chi connectivity index (χ1v) is 7.91. The van der Waals surface area contributed by atoms with Crippen molar-refractivity contribution in [1.29, 1.82) is 0 Å². The Morgan fingerprint density at radius 3 is 2.50 bits per heavy atom. The van der Waals surface area contributed by atoms with Crippen molar-refractivity contribution in [3.63, 3.8) is 0 Å². The van der Waals surface area contributed by atoms with E-state index in [-0.39, 0.29) is 5.91 Å². The van der Waals surface area contributed by atoms with Crippen molar-refractivity contribution in [1.82, 2.24) is 10.1 Å². The lowest BCUT2D eigenvalue weighted by atomic mass is 9.90. The molecule has 1 saturated heterocycles. The number of rotatable bonds is 3. The van der Waals surface area contributed by atoms with E-state index in [1.165, 1.54) is 5.56 Å². The van der Waals surface area contributed by atoms with E-state index in [0.29, 0.717) is 11.6 Å². The summed E-state index contributed by atoms with van der Waals surface area (Å²) in [6, 6.07) is 10.6. The molecule has 1 aromatic carbocycles. The van der Waals surface area contributed by atoms with Crippen molar-refractivity contribution in [2.24, 2.45) is 5.92 Å². The summed E-state index contributed by atoms with van der Waals surface area (Å²) in [5.74, 6) is 1.39. The number of carbonyl (C=O) groups is 1.